The van der Waals surface area contributed by atoms with Crippen LogP contribution < -0.4 is 5.32 Å². The van der Waals surface area contributed by atoms with E-state index in [4.69, 9.17) is 5.11 Å². The average molecular weight is 226 g/mol. The van der Waals surface area contributed by atoms with Gasteiger partial charge in [-0.15, -0.1) is 0 Å². The van der Waals surface area contributed by atoms with Gasteiger partial charge < -0.3 is 15.3 Å². The fourth-order valence-electron chi connectivity index (χ4n) is 2.33. The molecule has 2 fully saturated rings. The van der Waals surface area contributed by atoms with E-state index in [1.54, 1.807) is 11.8 Å². The molecule has 0 radical (unpaired) electrons. The molecule has 0 aromatic carbocycles. The molecule has 0 aromatic rings. The summed E-state index contributed by atoms with van der Waals surface area (Å²) in [5, 5.41) is 12.0. The van der Waals surface area contributed by atoms with Crippen molar-refractivity contribution in [3.8, 4) is 0 Å². The highest BCUT2D eigenvalue weighted by Gasteiger charge is 2.39. The van der Waals surface area contributed by atoms with E-state index < -0.39 is 5.97 Å². The van der Waals surface area contributed by atoms with E-state index in [0.717, 1.165) is 19.4 Å². The SMILES string of the molecule is CC(C(=O)O)C1CN(C(=O)[C@H]2CCCN2)C1. The van der Waals surface area contributed by atoms with E-state index in [-0.39, 0.29) is 23.8 Å². The molecule has 2 heterocycles. The predicted molar refractivity (Wildman–Crippen MR) is 57.9 cm³/mol. The third-order valence-corrected chi connectivity index (χ3v) is 3.68. The normalized spacial score (nSPS) is 27.6. The Labute approximate surface area is 94.8 Å². The number of carbonyl (C=O) groups is 2. The fraction of sp³-hybridized carbons (Fsp3) is 0.818. The van der Waals surface area contributed by atoms with Crippen LogP contribution in [0.2, 0.25) is 0 Å². The number of nitrogens with one attached hydrogen (secondary N) is 1. The van der Waals surface area contributed by atoms with Crippen LogP contribution in [0.4, 0.5) is 0 Å². The molecule has 5 nitrogen and oxygen atoms in total. The smallest absolute Gasteiger partial charge is 0.306 e. The Kier molecular flexibility index (Phi) is 3.14. The van der Waals surface area contributed by atoms with Gasteiger partial charge in [-0.1, -0.05) is 6.92 Å². The van der Waals surface area contributed by atoms with Gasteiger partial charge in [-0.3, -0.25) is 9.59 Å². The molecule has 90 valence electrons. The van der Waals surface area contributed by atoms with Crippen molar-refractivity contribution in [1.29, 1.82) is 0 Å². The van der Waals surface area contributed by atoms with Crippen LogP contribution in [0.25, 0.3) is 0 Å². The minimum Gasteiger partial charge on any atom is -0.481 e. The van der Waals surface area contributed by atoms with E-state index in [2.05, 4.69) is 5.32 Å². The third-order valence-electron chi connectivity index (χ3n) is 3.68. The van der Waals surface area contributed by atoms with Crippen molar-refractivity contribution in [1.82, 2.24) is 10.2 Å². The summed E-state index contributed by atoms with van der Waals surface area (Å²) < 4.78 is 0. The monoisotopic (exact) mass is 226 g/mol. The molecule has 2 aliphatic heterocycles. The van der Waals surface area contributed by atoms with Gasteiger partial charge in [0.25, 0.3) is 0 Å². The van der Waals surface area contributed by atoms with Crippen molar-refractivity contribution in [3.63, 3.8) is 0 Å². The van der Waals surface area contributed by atoms with Crippen molar-refractivity contribution >= 4 is 11.9 Å². The number of rotatable bonds is 3. The summed E-state index contributed by atoms with van der Waals surface area (Å²) >= 11 is 0. The molecule has 0 saturated carbocycles. The molecule has 2 saturated heterocycles. The summed E-state index contributed by atoms with van der Waals surface area (Å²) in [5.41, 5.74) is 0. The van der Waals surface area contributed by atoms with Crippen molar-refractivity contribution < 1.29 is 14.7 Å². The first kappa shape index (κ1) is 11.4. The van der Waals surface area contributed by atoms with Crippen LogP contribution in [0.1, 0.15) is 19.8 Å². The van der Waals surface area contributed by atoms with Crippen LogP contribution in [0, 0.1) is 11.8 Å². The van der Waals surface area contributed by atoms with E-state index >= 15 is 0 Å². The molecule has 0 bridgehead atoms. The first-order valence-electron chi connectivity index (χ1n) is 5.84. The summed E-state index contributed by atoms with van der Waals surface area (Å²) in [6.07, 6.45) is 1.97. The Morgan fingerprint density at radius 1 is 1.44 bits per heavy atom. The molecule has 5 heteroatoms. The van der Waals surface area contributed by atoms with Crippen molar-refractivity contribution in [3.05, 3.63) is 0 Å². The quantitative estimate of drug-likeness (QED) is 0.706. The fourth-order valence-corrected chi connectivity index (χ4v) is 2.33. The zero-order chi connectivity index (χ0) is 11.7. The highest BCUT2D eigenvalue weighted by Crippen LogP contribution is 2.25. The maximum atomic E-state index is 11.9. The number of amides is 1. The number of hydrogen-bond donors (Lipinski definition) is 2. The number of carboxylic acids is 1. The number of hydrogen-bond acceptors (Lipinski definition) is 3. The number of carboxylic acid groups (broad SMARTS) is 1. The van der Waals surface area contributed by atoms with Gasteiger partial charge in [0.15, 0.2) is 0 Å². The summed E-state index contributed by atoms with van der Waals surface area (Å²) in [5.74, 6) is -0.842. The average Bonchev–Trinajstić information content (AvgIpc) is 2.67. The van der Waals surface area contributed by atoms with E-state index in [1.807, 2.05) is 0 Å². The van der Waals surface area contributed by atoms with Gasteiger partial charge in [-0.05, 0) is 19.4 Å². The van der Waals surface area contributed by atoms with Gasteiger partial charge in [-0.25, -0.2) is 0 Å². The molecule has 2 rings (SSSR count). The molecule has 2 N–H and O–H groups in total. The van der Waals surface area contributed by atoms with Gasteiger partial charge in [0.05, 0.1) is 12.0 Å². The lowest BCUT2D eigenvalue weighted by atomic mass is 9.86. The largest absolute Gasteiger partial charge is 0.481 e. The van der Waals surface area contributed by atoms with Gasteiger partial charge >= 0.3 is 5.97 Å². The molecule has 0 spiro atoms. The van der Waals surface area contributed by atoms with Crippen molar-refractivity contribution in [2.45, 2.75) is 25.8 Å². The van der Waals surface area contributed by atoms with Crippen LogP contribution in [-0.4, -0.2) is 47.6 Å². The van der Waals surface area contributed by atoms with E-state index in [0.29, 0.717) is 13.1 Å². The van der Waals surface area contributed by atoms with Gasteiger partial charge in [0, 0.05) is 19.0 Å². The third kappa shape index (κ3) is 2.04. The Bertz CT molecular complexity index is 294. The molecule has 0 aromatic heterocycles. The molecule has 2 aliphatic rings. The lowest BCUT2D eigenvalue weighted by Crippen LogP contribution is -2.57. The summed E-state index contributed by atoms with van der Waals surface area (Å²) in [6.45, 7) is 3.83. The Balaban J connectivity index is 1.79. The number of carbonyl (C=O) groups excluding carboxylic acids is 1. The number of aliphatic carboxylic acids is 1. The standard InChI is InChI=1S/C11H18N2O3/c1-7(11(15)16)8-5-13(6-8)10(14)9-3-2-4-12-9/h7-9,12H,2-6H2,1H3,(H,15,16)/t7?,9-/m1/s1. The molecular weight excluding hydrogens is 208 g/mol. The highest BCUT2D eigenvalue weighted by atomic mass is 16.4. The number of nitrogens with zero attached hydrogens (tertiary/aromatic N) is 1. The molecule has 1 amide bonds. The lowest BCUT2D eigenvalue weighted by molar-refractivity contribution is -0.151. The molecule has 2 atom stereocenters. The van der Waals surface area contributed by atoms with Crippen molar-refractivity contribution in [2.75, 3.05) is 19.6 Å². The minimum atomic E-state index is -0.768. The van der Waals surface area contributed by atoms with Crippen LogP contribution in [-0.2, 0) is 9.59 Å². The second-order valence-corrected chi connectivity index (χ2v) is 4.78. The molecular formula is C11H18N2O3. The summed E-state index contributed by atoms with van der Waals surface area (Å²) in [6, 6.07) is -0.0268. The predicted octanol–water partition coefficient (Wildman–Crippen LogP) is -0.0825. The molecule has 16 heavy (non-hydrogen) atoms. The van der Waals surface area contributed by atoms with Crippen LogP contribution in [0.5, 0.6) is 0 Å². The molecule has 0 aliphatic carbocycles. The maximum Gasteiger partial charge on any atom is 0.306 e. The van der Waals surface area contributed by atoms with Gasteiger partial charge in [0.2, 0.25) is 5.91 Å². The van der Waals surface area contributed by atoms with Gasteiger partial charge in [0.1, 0.15) is 0 Å². The van der Waals surface area contributed by atoms with Crippen molar-refractivity contribution in [2.24, 2.45) is 11.8 Å². The second-order valence-electron chi connectivity index (χ2n) is 4.78. The van der Waals surface area contributed by atoms with Crippen LogP contribution in [0.3, 0.4) is 0 Å². The summed E-state index contributed by atoms with van der Waals surface area (Å²) in [7, 11) is 0. The lowest BCUT2D eigenvalue weighted by Gasteiger charge is -2.42. The first-order chi connectivity index (χ1) is 7.59. The van der Waals surface area contributed by atoms with E-state index in [9.17, 15) is 9.59 Å². The maximum absolute atomic E-state index is 11.9. The first-order valence-corrected chi connectivity index (χ1v) is 5.84. The molecule has 1 unspecified atom stereocenters. The highest BCUT2D eigenvalue weighted by molar-refractivity contribution is 5.83. The van der Waals surface area contributed by atoms with Gasteiger partial charge in [-0.2, -0.15) is 0 Å². The zero-order valence-electron chi connectivity index (χ0n) is 9.48. The minimum absolute atomic E-state index is 0.0268. The Morgan fingerprint density at radius 3 is 2.62 bits per heavy atom. The Morgan fingerprint density at radius 2 is 2.12 bits per heavy atom. The Hall–Kier alpha value is -1.10. The van der Waals surface area contributed by atoms with Crippen LogP contribution >= 0.6 is 0 Å². The second kappa shape index (κ2) is 4.41. The summed E-state index contributed by atoms with van der Waals surface area (Å²) in [4.78, 5) is 24.4. The van der Waals surface area contributed by atoms with E-state index in [1.165, 1.54) is 0 Å². The van der Waals surface area contributed by atoms with Crippen LogP contribution in [0.15, 0.2) is 0 Å². The number of likely N-dealkylation sites (tertiary alicyclic amines) is 1. The topological polar surface area (TPSA) is 69.6 Å². The zero-order valence-corrected chi connectivity index (χ0v) is 9.48.